The molecule has 1 aromatic carbocycles. The summed E-state index contributed by atoms with van der Waals surface area (Å²) in [5.74, 6) is 6.09. The number of rotatable bonds is 3. The Hall–Kier alpha value is -1.39. The summed E-state index contributed by atoms with van der Waals surface area (Å²) in [5, 5.41) is 8.74. The molecule has 3 rings (SSSR count). The zero-order chi connectivity index (χ0) is 17.2. The van der Waals surface area contributed by atoms with Crippen LogP contribution < -0.4 is 0 Å². The number of aliphatic hydroxyl groups excluding tert-OH is 1. The molecular weight excluding hydrogens is 324 g/mol. The first-order valence-corrected chi connectivity index (χ1v) is 10.2. The van der Waals surface area contributed by atoms with Crippen LogP contribution in [0.25, 0.3) is 0 Å². The third-order valence-electron chi connectivity index (χ3n) is 4.96. The van der Waals surface area contributed by atoms with Crippen LogP contribution in [0.4, 0.5) is 0 Å². The third-order valence-corrected chi connectivity index (χ3v) is 6.66. The largest absolute Gasteiger partial charge is 0.384 e. The third kappa shape index (κ3) is 3.81. The molecule has 2 atom stereocenters. The van der Waals surface area contributed by atoms with Gasteiger partial charge in [-0.25, -0.2) is 8.42 Å². The molecule has 2 saturated heterocycles. The van der Waals surface area contributed by atoms with Gasteiger partial charge in [-0.15, -0.1) is 0 Å². The van der Waals surface area contributed by atoms with Gasteiger partial charge in [-0.3, -0.25) is 9.80 Å². The van der Waals surface area contributed by atoms with Crippen molar-refractivity contribution in [1.29, 1.82) is 0 Å². The first-order valence-electron chi connectivity index (χ1n) is 8.39. The molecule has 5 nitrogen and oxygen atoms in total. The zero-order valence-corrected chi connectivity index (χ0v) is 14.8. The predicted octanol–water partition coefficient (Wildman–Crippen LogP) is 0.333. The van der Waals surface area contributed by atoms with E-state index >= 15 is 0 Å². The Balaban J connectivity index is 1.73. The van der Waals surface area contributed by atoms with Gasteiger partial charge in [0.05, 0.1) is 11.5 Å². The number of fused-ring (bicyclic) bond motifs is 1. The number of hydrogen-bond acceptors (Lipinski definition) is 5. The van der Waals surface area contributed by atoms with Crippen molar-refractivity contribution in [3.8, 4) is 11.8 Å². The lowest BCUT2D eigenvalue weighted by Gasteiger charge is -2.43. The predicted molar refractivity (Wildman–Crippen MR) is 94.3 cm³/mol. The maximum Gasteiger partial charge on any atom is 0.153 e. The molecule has 0 bridgehead atoms. The molecule has 2 heterocycles. The Labute approximate surface area is 144 Å². The molecule has 0 amide bonds. The van der Waals surface area contributed by atoms with Crippen LogP contribution in [0.1, 0.15) is 18.1 Å². The first kappa shape index (κ1) is 17.4. The Morgan fingerprint density at radius 2 is 1.75 bits per heavy atom. The molecule has 2 fully saturated rings. The number of benzene rings is 1. The van der Waals surface area contributed by atoms with Gasteiger partial charge in [0.25, 0.3) is 0 Å². The van der Waals surface area contributed by atoms with E-state index in [1.165, 1.54) is 0 Å². The van der Waals surface area contributed by atoms with Crippen molar-refractivity contribution in [1.82, 2.24) is 9.80 Å². The fourth-order valence-corrected chi connectivity index (χ4v) is 5.80. The van der Waals surface area contributed by atoms with Crippen molar-refractivity contribution in [2.45, 2.75) is 25.6 Å². The maximum absolute atomic E-state index is 12.1. The van der Waals surface area contributed by atoms with Crippen molar-refractivity contribution in [3.05, 3.63) is 35.4 Å². The van der Waals surface area contributed by atoms with Crippen LogP contribution in [0.15, 0.2) is 24.3 Å². The molecule has 2 aliphatic heterocycles. The van der Waals surface area contributed by atoms with Gasteiger partial charge in [-0.05, 0) is 24.2 Å². The number of sulfone groups is 1. The number of nitrogens with zero attached hydrogens (tertiary/aromatic N) is 2. The number of piperazine rings is 1. The molecule has 1 N–H and O–H groups in total. The topological polar surface area (TPSA) is 60.9 Å². The summed E-state index contributed by atoms with van der Waals surface area (Å²) in [6, 6.07) is 8.19. The SMILES string of the molecule is CCN1CCN(Cc2ccc(C#CCO)cc2)C2CS(=O)(=O)CC21. The minimum atomic E-state index is -2.94. The van der Waals surface area contributed by atoms with Crippen LogP contribution in [-0.2, 0) is 16.4 Å². The van der Waals surface area contributed by atoms with Gasteiger partial charge in [0, 0.05) is 37.3 Å². The second-order valence-electron chi connectivity index (χ2n) is 6.47. The Kier molecular flexibility index (Phi) is 5.26. The molecule has 2 aliphatic rings. The van der Waals surface area contributed by atoms with Gasteiger partial charge in [0.1, 0.15) is 6.61 Å². The van der Waals surface area contributed by atoms with E-state index < -0.39 is 9.84 Å². The van der Waals surface area contributed by atoms with E-state index in [2.05, 4.69) is 28.6 Å². The van der Waals surface area contributed by atoms with Crippen LogP contribution in [0.2, 0.25) is 0 Å². The van der Waals surface area contributed by atoms with Gasteiger partial charge in [0.2, 0.25) is 0 Å². The standard InChI is InChI=1S/C18H24N2O3S/c1-2-19-9-10-20(18-14-24(22,23)13-17(18)19)12-16-7-5-15(6-8-16)4-3-11-21/h5-8,17-18,21H,2,9-14H2,1H3. The second-order valence-corrected chi connectivity index (χ2v) is 8.62. The lowest BCUT2D eigenvalue weighted by atomic mass is 10.0. The Bertz CT molecular complexity index is 734. The van der Waals surface area contributed by atoms with Crippen LogP contribution in [-0.4, -0.2) is 73.2 Å². The van der Waals surface area contributed by atoms with Gasteiger partial charge < -0.3 is 5.11 Å². The van der Waals surface area contributed by atoms with Crippen molar-refractivity contribution in [3.63, 3.8) is 0 Å². The highest BCUT2D eigenvalue weighted by molar-refractivity contribution is 7.91. The monoisotopic (exact) mass is 348 g/mol. The minimum absolute atomic E-state index is 0.0950. The van der Waals surface area contributed by atoms with E-state index in [1.807, 2.05) is 24.3 Å². The molecule has 0 radical (unpaired) electrons. The average Bonchev–Trinajstić information content (AvgIpc) is 2.90. The molecule has 2 unspecified atom stereocenters. The van der Waals surface area contributed by atoms with Gasteiger partial charge in [0.15, 0.2) is 9.84 Å². The summed E-state index contributed by atoms with van der Waals surface area (Å²) < 4.78 is 24.2. The van der Waals surface area contributed by atoms with Crippen molar-refractivity contribution < 1.29 is 13.5 Å². The molecule has 24 heavy (non-hydrogen) atoms. The van der Waals surface area contributed by atoms with E-state index in [-0.39, 0.29) is 30.2 Å². The highest BCUT2D eigenvalue weighted by Gasteiger charge is 2.45. The maximum atomic E-state index is 12.1. The van der Waals surface area contributed by atoms with Crippen LogP contribution in [0.3, 0.4) is 0 Å². The van der Waals surface area contributed by atoms with Crippen molar-refractivity contribution in [2.24, 2.45) is 0 Å². The quantitative estimate of drug-likeness (QED) is 0.798. The van der Waals surface area contributed by atoms with Crippen LogP contribution in [0, 0.1) is 11.8 Å². The summed E-state index contributed by atoms with van der Waals surface area (Å²) >= 11 is 0. The van der Waals surface area contributed by atoms with E-state index in [0.29, 0.717) is 0 Å². The molecule has 1 aromatic rings. The van der Waals surface area contributed by atoms with Crippen LogP contribution in [0.5, 0.6) is 0 Å². The average molecular weight is 348 g/mol. The number of likely N-dealkylation sites (N-methyl/N-ethyl adjacent to an activating group) is 1. The fraction of sp³-hybridized carbons (Fsp3) is 0.556. The molecular formula is C18H24N2O3S. The molecule has 130 valence electrons. The lowest BCUT2D eigenvalue weighted by molar-refractivity contribution is 0.0439. The molecule has 0 saturated carbocycles. The fourth-order valence-electron chi connectivity index (χ4n) is 3.76. The summed E-state index contributed by atoms with van der Waals surface area (Å²) in [6.45, 7) is 5.46. The molecule has 0 spiro atoms. The van der Waals surface area contributed by atoms with Gasteiger partial charge >= 0.3 is 0 Å². The highest BCUT2D eigenvalue weighted by Crippen LogP contribution is 2.28. The Morgan fingerprint density at radius 1 is 1.12 bits per heavy atom. The summed E-state index contributed by atoms with van der Waals surface area (Å²) in [7, 11) is -2.94. The molecule has 6 heteroatoms. The van der Waals surface area contributed by atoms with Crippen molar-refractivity contribution >= 4 is 9.84 Å². The second kappa shape index (κ2) is 7.24. The van der Waals surface area contributed by atoms with Crippen LogP contribution >= 0.6 is 0 Å². The van der Waals surface area contributed by atoms with Gasteiger partial charge in [-0.2, -0.15) is 0 Å². The number of aliphatic hydroxyl groups is 1. The number of hydrogen-bond donors (Lipinski definition) is 1. The first-order chi connectivity index (χ1) is 11.5. The van der Waals surface area contributed by atoms with E-state index in [0.717, 1.165) is 37.3 Å². The summed E-state index contributed by atoms with van der Waals surface area (Å²) in [6.07, 6.45) is 0. The zero-order valence-electron chi connectivity index (χ0n) is 14.0. The lowest BCUT2D eigenvalue weighted by Crippen LogP contribution is -2.58. The Morgan fingerprint density at radius 3 is 2.38 bits per heavy atom. The minimum Gasteiger partial charge on any atom is -0.384 e. The van der Waals surface area contributed by atoms with E-state index in [4.69, 9.17) is 5.11 Å². The molecule has 0 aromatic heterocycles. The molecule has 0 aliphatic carbocycles. The van der Waals surface area contributed by atoms with Gasteiger partial charge in [-0.1, -0.05) is 30.9 Å². The highest BCUT2D eigenvalue weighted by atomic mass is 32.2. The van der Waals surface area contributed by atoms with E-state index in [9.17, 15) is 8.42 Å². The van der Waals surface area contributed by atoms with E-state index in [1.54, 1.807) is 0 Å². The normalized spacial score (nSPS) is 26.6. The smallest absolute Gasteiger partial charge is 0.153 e. The summed E-state index contributed by atoms with van der Waals surface area (Å²) in [4.78, 5) is 4.62. The van der Waals surface area contributed by atoms with Crippen molar-refractivity contribution in [2.75, 3.05) is 37.7 Å². The summed E-state index contributed by atoms with van der Waals surface area (Å²) in [5.41, 5.74) is 2.04.